The smallest absolute Gasteiger partial charge is 0.105 e. The van der Waals surface area contributed by atoms with Gasteiger partial charge in [-0.15, -0.1) is 0 Å². The summed E-state index contributed by atoms with van der Waals surface area (Å²) in [6.45, 7) is 2.29. The summed E-state index contributed by atoms with van der Waals surface area (Å²) >= 11 is 0. The summed E-state index contributed by atoms with van der Waals surface area (Å²) in [4.78, 5) is 7.42. The third kappa shape index (κ3) is 13.2. The quantitative estimate of drug-likeness (QED) is 0.323. The average Bonchev–Trinajstić information content (AvgIpc) is 2.97. The first-order valence-corrected chi connectivity index (χ1v) is 8.91. The number of aromatic nitrogens is 2. The summed E-state index contributed by atoms with van der Waals surface area (Å²) in [6.07, 6.45) is 23.3. The van der Waals surface area contributed by atoms with Crippen molar-refractivity contribution in [2.24, 2.45) is 0 Å². The van der Waals surface area contributed by atoms with E-state index in [2.05, 4.69) is 16.9 Å². The van der Waals surface area contributed by atoms with Crippen molar-refractivity contribution < 1.29 is 19.5 Å². The maximum absolute atomic E-state index is 4.25. The van der Waals surface area contributed by atoms with Crippen LogP contribution in [0, 0.1) is 0 Å². The second-order valence-corrected chi connectivity index (χ2v) is 6.03. The fourth-order valence-corrected chi connectivity index (χ4v) is 2.74. The Labute approximate surface area is 144 Å². The summed E-state index contributed by atoms with van der Waals surface area (Å²) in [5, 5.41) is 0. The number of nitrogens with one attached hydrogen (secondary N) is 1. The van der Waals surface area contributed by atoms with E-state index in [4.69, 9.17) is 0 Å². The van der Waals surface area contributed by atoms with Crippen LogP contribution in [0.5, 0.6) is 0 Å². The summed E-state index contributed by atoms with van der Waals surface area (Å²) < 4.78 is 0. The molecule has 0 spiro atoms. The zero-order valence-corrected chi connectivity index (χ0v) is 17.2. The summed E-state index contributed by atoms with van der Waals surface area (Å²) in [7, 11) is 0. The van der Waals surface area contributed by atoms with Crippen molar-refractivity contribution in [2.75, 3.05) is 0 Å². The van der Waals surface area contributed by atoms with Crippen LogP contribution in [0.25, 0.3) is 0 Å². The van der Waals surface area contributed by atoms with Crippen molar-refractivity contribution in [3.63, 3.8) is 0 Å². The van der Waals surface area contributed by atoms with E-state index in [0.717, 1.165) is 12.2 Å². The molecule has 0 aliphatic heterocycles. The van der Waals surface area contributed by atoms with Gasteiger partial charge >= 0.3 is 0 Å². The standard InChI is InChI=1S/C18H34N2.Zn/c1-2-3-4-5-6-7-8-9-10-11-12-13-14-15-18-19-16-17-20-18;/h16-17H,2-15H2,1H3,(H,19,20);. The van der Waals surface area contributed by atoms with Crippen LogP contribution in [0.3, 0.4) is 0 Å². The number of H-pyrrole nitrogens is 1. The van der Waals surface area contributed by atoms with Crippen LogP contribution >= 0.6 is 0 Å². The summed E-state index contributed by atoms with van der Waals surface area (Å²) in [5.41, 5.74) is 0. The van der Waals surface area contributed by atoms with Crippen molar-refractivity contribution in [1.29, 1.82) is 0 Å². The van der Waals surface area contributed by atoms with Crippen molar-refractivity contribution in [3.05, 3.63) is 18.2 Å². The second-order valence-electron chi connectivity index (χ2n) is 6.03. The van der Waals surface area contributed by atoms with Gasteiger partial charge in [0.2, 0.25) is 0 Å². The molecule has 0 aliphatic rings. The molecule has 1 aromatic rings. The minimum absolute atomic E-state index is 0. The average molecular weight is 344 g/mol. The Morgan fingerprint density at radius 2 is 1.24 bits per heavy atom. The largest absolute Gasteiger partial charge is 0.349 e. The monoisotopic (exact) mass is 342 g/mol. The number of hydrogen-bond acceptors (Lipinski definition) is 1. The van der Waals surface area contributed by atoms with Gasteiger partial charge in [-0.1, -0.05) is 84.0 Å². The Morgan fingerprint density at radius 3 is 1.67 bits per heavy atom. The van der Waals surface area contributed by atoms with Crippen LogP contribution in [0.1, 0.15) is 96.2 Å². The van der Waals surface area contributed by atoms with Crippen LogP contribution < -0.4 is 0 Å². The van der Waals surface area contributed by atoms with Gasteiger partial charge in [-0.25, -0.2) is 4.98 Å². The van der Waals surface area contributed by atoms with Crippen molar-refractivity contribution in [3.8, 4) is 0 Å². The van der Waals surface area contributed by atoms with E-state index in [1.54, 1.807) is 0 Å². The molecule has 0 unspecified atom stereocenters. The normalized spacial score (nSPS) is 10.5. The van der Waals surface area contributed by atoms with E-state index in [0.29, 0.717) is 0 Å². The first-order valence-electron chi connectivity index (χ1n) is 8.91. The van der Waals surface area contributed by atoms with Crippen LogP contribution in [0.15, 0.2) is 12.4 Å². The van der Waals surface area contributed by atoms with Gasteiger partial charge in [-0.2, -0.15) is 0 Å². The third-order valence-corrected chi connectivity index (χ3v) is 4.07. The Kier molecular flexibility index (Phi) is 16.1. The van der Waals surface area contributed by atoms with E-state index >= 15 is 0 Å². The predicted molar refractivity (Wildman–Crippen MR) is 88.0 cm³/mol. The van der Waals surface area contributed by atoms with Gasteiger partial charge in [0.05, 0.1) is 0 Å². The number of aromatic amines is 1. The van der Waals surface area contributed by atoms with Gasteiger partial charge in [0.15, 0.2) is 0 Å². The molecule has 0 aliphatic carbocycles. The number of rotatable bonds is 14. The molecule has 0 atom stereocenters. The predicted octanol–water partition coefficient (Wildman–Crippen LogP) is 6.04. The second kappa shape index (κ2) is 16.2. The SMILES string of the molecule is CCCCCCCCCCCCCCCc1ncc[nH]1.[Zn]. The molecule has 1 heterocycles. The van der Waals surface area contributed by atoms with E-state index in [9.17, 15) is 0 Å². The summed E-state index contributed by atoms with van der Waals surface area (Å²) in [6, 6.07) is 0. The van der Waals surface area contributed by atoms with Gasteiger partial charge in [-0.3, -0.25) is 0 Å². The topological polar surface area (TPSA) is 28.7 Å². The summed E-state index contributed by atoms with van der Waals surface area (Å²) in [5.74, 6) is 1.15. The molecule has 1 aromatic heterocycles. The number of nitrogens with zero attached hydrogens (tertiary/aromatic N) is 1. The molecule has 1 rings (SSSR count). The van der Waals surface area contributed by atoms with Gasteiger partial charge < -0.3 is 4.98 Å². The van der Waals surface area contributed by atoms with Gasteiger partial charge in [-0.05, 0) is 6.42 Å². The van der Waals surface area contributed by atoms with Gasteiger partial charge in [0.1, 0.15) is 5.82 Å². The molecule has 0 fully saturated rings. The van der Waals surface area contributed by atoms with E-state index in [-0.39, 0.29) is 19.5 Å². The Balaban J connectivity index is 0.00000400. The zero-order valence-electron chi connectivity index (χ0n) is 14.2. The number of aryl methyl sites for hydroxylation is 1. The molecule has 3 heteroatoms. The Bertz CT molecular complexity index is 285. The first kappa shape index (κ1) is 20.8. The number of hydrogen-bond donors (Lipinski definition) is 1. The van der Waals surface area contributed by atoms with E-state index in [1.807, 2.05) is 12.4 Å². The fourth-order valence-electron chi connectivity index (χ4n) is 2.74. The fraction of sp³-hybridized carbons (Fsp3) is 0.833. The van der Waals surface area contributed by atoms with Crippen molar-refractivity contribution >= 4 is 0 Å². The minimum atomic E-state index is 0. The molecular formula is C18H34N2Zn. The Morgan fingerprint density at radius 1 is 0.762 bits per heavy atom. The van der Waals surface area contributed by atoms with Crippen LogP contribution in [0.2, 0.25) is 0 Å². The van der Waals surface area contributed by atoms with E-state index in [1.165, 1.54) is 83.5 Å². The maximum atomic E-state index is 4.25. The zero-order chi connectivity index (χ0) is 14.3. The number of unbranched alkanes of at least 4 members (excludes halogenated alkanes) is 12. The van der Waals surface area contributed by atoms with Crippen molar-refractivity contribution in [1.82, 2.24) is 9.97 Å². The molecule has 21 heavy (non-hydrogen) atoms. The molecule has 0 amide bonds. The van der Waals surface area contributed by atoms with E-state index < -0.39 is 0 Å². The minimum Gasteiger partial charge on any atom is -0.349 e. The van der Waals surface area contributed by atoms with Gasteiger partial charge in [0, 0.05) is 38.3 Å². The van der Waals surface area contributed by atoms with Gasteiger partial charge in [0.25, 0.3) is 0 Å². The first-order chi connectivity index (χ1) is 9.93. The Hall–Kier alpha value is -0.167. The molecule has 0 bridgehead atoms. The molecule has 0 saturated heterocycles. The molecule has 2 nitrogen and oxygen atoms in total. The number of imidazole rings is 1. The van der Waals surface area contributed by atoms with Crippen LogP contribution in [-0.2, 0) is 25.9 Å². The molecular weight excluding hydrogens is 310 g/mol. The third-order valence-electron chi connectivity index (χ3n) is 4.07. The maximum Gasteiger partial charge on any atom is 0.105 e. The van der Waals surface area contributed by atoms with Crippen molar-refractivity contribution in [2.45, 2.75) is 96.8 Å². The molecule has 0 radical (unpaired) electrons. The molecule has 0 saturated carbocycles. The molecule has 1 N–H and O–H groups in total. The molecule has 118 valence electrons. The van der Waals surface area contributed by atoms with Crippen LogP contribution in [0.4, 0.5) is 0 Å². The molecule has 0 aromatic carbocycles. The van der Waals surface area contributed by atoms with Crippen LogP contribution in [-0.4, -0.2) is 9.97 Å².